The van der Waals surface area contributed by atoms with Crippen LogP contribution in [0.5, 0.6) is 5.75 Å². The van der Waals surface area contributed by atoms with Crippen LogP contribution >= 0.6 is 0 Å². The summed E-state index contributed by atoms with van der Waals surface area (Å²) in [5.74, 6) is 0.277. The summed E-state index contributed by atoms with van der Waals surface area (Å²) < 4.78 is 32.6. The second-order valence-corrected chi connectivity index (χ2v) is 8.96. The number of carbonyl (C=O) groups is 1. The highest BCUT2D eigenvalue weighted by Gasteiger charge is 2.42. The van der Waals surface area contributed by atoms with E-state index in [-0.39, 0.29) is 29.3 Å². The summed E-state index contributed by atoms with van der Waals surface area (Å²) in [6.07, 6.45) is 3.55. The number of nitrogens with one attached hydrogen (secondary N) is 3. The second kappa shape index (κ2) is 7.37. The Hall–Kier alpha value is -2.31. The van der Waals surface area contributed by atoms with E-state index in [4.69, 9.17) is 4.74 Å². The maximum atomic E-state index is 12.4. The van der Waals surface area contributed by atoms with E-state index in [9.17, 15) is 18.5 Å². The van der Waals surface area contributed by atoms with Crippen molar-refractivity contribution in [1.29, 1.82) is 5.26 Å². The zero-order chi connectivity index (χ0) is 19.7. The van der Waals surface area contributed by atoms with Gasteiger partial charge in [0.1, 0.15) is 11.3 Å². The Morgan fingerprint density at radius 2 is 2.04 bits per heavy atom. The molecule has 2 saturated carbocycles. The van der Waals surface area contributed by atoms with Crippen LogP contribution in [-0.4, -0.2) is 39.6 Å². The molecule has 3 rings (SSSR count). The lowest BCUT2D eigenvalue weighted by atomic mass is 9.98. The van der Waals surface area contributed by atoms with Gasteiger partial charge in [0.15, 0.2) is 0 Å². The molecule has 0 aromatic heterocycles. The van der Waals surface area contributed by atoms with Crippen LogP contribution in [0.25, 0.3) is 0 Å². The molecule has 8 nitrogen and oxygen atoms in total. The van der Waals surface area contributed by atoms with Crippen molar-refractivity contribution < 1.29 is 17.9 Å². The molecule has 1 amide bonds. The molecular formula is C18H24N4O4S. The molecule has 3 N–H and O–H groups in total. The molecule has 1 aromatic rings. The quantitative estimate of drug-likeness (QED) is 0.583. The van der Waals surface area contributed by atoms with Crippen LogP contribution in [-0.2, 0) is 14.8 Å². The van der Waals surface area contributed by atoms with Gasteiger partial charge in [0.05, 0.1) is 30.3 Å². The van der Waals surface area contributed by atoms with Gasteiger partial charge in [0, 0.05) is 6.04 Å². The number of ether oxygens (including phenoxy) is 1. The molecule has 9 heteroatoms. The molecule has 146 valence electrons. The average Bonchev–Trinajstić information content (AvgIpc) is 3.52. The van der Waals surface area contributed by atoms with Gasteiger partial charge in [-0.05, 0) is 56.7 Å². The van der Waals surface area contributed by atoms with Crippen molar-refractivity contribution in [3.8, 4) is 11.8 Å². The molecule has 1 unspecified atom stereocenters. The number of carbonyl (C=O) groups excluding carboxylic acids is 1. The van der Waals surface area contributed by atoms with Crippen molar-refractivity contribution in [1.82, 2.24) is 10.0 Å². The summed E-state index contributed by atoms with van der Waals surface area (Å²) >= 11 is 0. The average molecular weight is 392 g/mol. The SMILES string of the molecule is COc1ccc(S(=O)(=O)NC2CC2)cc1NCC(=O)NC(C)(C#N)C1CC1. The van der Waals surface area contributed by atoms with Gasteiger partial charge < -0.3 is 15.4 Å². The van der Waals surface area contributed by atoms with Crippen LogP contribution in [0.1, 0.15) is 32.6 Å². The minimum absolute atomic E-state index is 0.00497. The molecule has 2 aliphatic rings. The molecule has 1 atom stereocenters. The maximum absolute atomic E-state index is 12.4. The molecule has 2 fully saturated rings. The van der Waals surface area contributed by atoms with Gasteiger partial charge >= 0.3 is 0 Å². The Labute approximate surface area is 159 Å². The Balaban J connectivity index is 1.68. The summed E-state index contributed by atoms with van der Waals surface area (Å²) in [4.78, 5) is 12.4. The van der Waals surface area contributed by atoms with Crippen molar-refractivity contribution in [2.24, 2.45) is 5.92 Å². The fraction of sp³-hybridized carbons (Fsp3) is 0.556. The Morgan fingerprint density at radius 3 is 2.59 bits per heavy atom. The van der Waals surface area contributed by atoms with Crippen molar-refractivity contribution >= 4 is 21.6 Å². The van der Waals surface area contributed by atoms with Crippen LogP contribution < -0.4 is 20.1 Å². The summed E-state index contributed by atoms with van der Waals surface area (Å²) in [6, 6.07) is 6.64. The predicted octanol–water partition coefficient (Wildman–Crippen LogP) is 1.36. The molecule has 0 spiro atoms. The number of hydrogen-bond donors (Lipinski definition) is 3. The van der Waals surface area contributed by atoms with E-state index in [1.165, 1.54) is 19.2 Å². The van der Waals surface area contributed by atoms with E-state index >= 15 is 0 Å². The molecule has 0 bridgehead atoms. The van der Waals surface area contributed by atoms with Crippen molar-refractivity contribution in [3.63, 3.8) is 0 Å². The normalized spacial score (nSPS) is 18.9. The molecule has 0 radical (unpaired) electrons. The number of amides is 1. The van der Waals surface area contributed by atoms with Crippen LogP contribution in [0.2, 0.25) is 0 Å². The third-order valence-electron chi connectivity index (χ3n) is 4.84. The van der Waals surface area contributed by atoms with Gasteiger partial charge in [-0.25, -0.2) is 13.1 Å². The van der Waals surface area contributed by atoms with Crippen LogP contribution in [0.3, 0.4) is 0 Å². The van der Waals surface area contributed by atoms with E-state index in [0.717, 1.165) is 25.7 Å². The van der Waals surface area contributed by atoms with Crippen molar-refractivity contribution in [2.75, 3.05) is 19.0 Å². The topological polar surface area (TPSA) is 120 Å². The fourth-order valence-corrected chi connectivity index (χ4v) is 4.20. The lowest BCUT2D eigenvalue weighted by Crippen LogP contribution is -2.48. The minimum Gasteiger partial charge on any atom is -0.495 e. The van der Waals surface area contributed by atoms with Gasteiger partial charge in [-0.3, -0.25) is 4.79 Å². The zero-order valence-electron chi connectivity index (χ0n) is 15.4. The summed E-state index contributed by atoms with van der Waals surface area (Å²) in [6.45, 7) is 1.62. The number of benzene rings is 1. The molecule has 0 heterocycles. The number of nitriles is 1. The lowest BCUT2D eigenvalue weighted by molar-refractivity contribution is -0.120. The van der Waals surface area contributed by atoms with E-state index in [2.05, 4.69) is 21.4 Å². The lowest BCUT2D eigenvalue weighted by Gasteiger charge is -2.23. The molecule has 0 saturated heterocycles. The number of anilines is 1. The number of sulfonamides is 1. The highest BCUT2D eigenvalue weighted by molar-refractivity contribution is 7.89. The van der Waals surface area contributed by atoms with Gasteiger partial charge in [-0.15, -0.1) is 0 Å². The summed E-state index contributed by atoms with van der Waals surface area (Å²) in [7, 11) is -2.14. The Kier molecular flexibility index (Phi) is 5.31. The van der Waals surface area contributed by atoms with E-state index in [1.54, 1.807) is 13.0 Å². The van der Waals surface area contributed by atoms with E-state index < -0.39 is 15.6 Å². The highest BCUT2D eigenvalue weighted by Crippen LogP contribution is 2.39. The van der Waals surface area contributed by atoms with Gasteiger partial charge in [0.2, 0.25) is 15.9 Å². The van der Waals surface area contributed by atoms with Gasteiger partial charge in [-0.2, -0.15) is 5.26 Å². The van der Waals surface area contributed by atoms with Gasteiger partial charge in [0.25, 0.3) is 0 Å². The Morgan fingerprint density at radius 1 is 1.33 bits per heavy atom. The minimum atomic E-state index is -3.61. The molecule has 1 aromatic carbocycles. The van der Waals surface area contributed by atoms with E-state index in [0.29, 0.717) is 11.4 Å². The summed E-state index contributed by atoms with van der Waals surface area (Å²) in [5.41, 5.74) is -0.473. The molecule has 0 aliphatic heterocycles. The first kappa shape index (κ1) is 19.5. The standard InChI is InChI=1S/C18H24N4O4S/c1-18(11-19,12-3-4-12)21-17(23)10-20-15-9-14(7-8-16(15)26-2)27(24,25)22-13-5-6-13/h7-9,12-13,20,22H,3-6,10H2,1-2H3,(H,21,23). The highest BCUT2D eigenvalue weighted by atomic mass is 32.2. The number of nitrogens with zero attached hydrogens (tertiary/aromatic N) is 1. The molecule has 27 heavy (non-hydrogen) atoms. The smallest absolute Gasteiger partial charge is 0.240 e. The number of rotatable bonds is 9. The summed E-state index contributed by atoms with van der Waals surface area (Å²) in [5, 5.41) is 15.0. The van der Waals surface area contributed by atoms with Crippen molar-refractivity contribution in [3.05, 3.63) is 18.2 Å². The van der Waals surface area contributed by atoms with Crippen LogP contribution in [0.15, 0.2) is 23.1 Å². The monoisotopic (exact) mass is 392 g/mol. The van der Waals surface area contributed by atoms with Crippen molar-refractivity contribution in [2.45, 2.75) is 49.1 Å². The molecule has 2 aliphatic carbocycles. The second-order valence-electron chi connectivity index (χ2n) is 7.25. The number of hydrogen-bond acceptors (Lipinski definition) is 6. The predicted molar refractivity (Wildman–Crippen MR) is 99.7 cm³/mol. The van der Waals surface area contributed by atoms with E-state index in [1.807, 2.05) is 0 Å². The number of methoxy groups -OCH3 is 1. The zero-order valence-corrected chi connectivity index (χ0v) is 16.2. The molecular weight excluding hydrogens is 368 g/mol. The van der Waals surface area contributed by atoms with Gasteiger partial charge in [-0.1, -0.05) is 0 Å². The third kappa shape index (κ3) is 4.70. The first-order chi connectivity index (χ1) is 12.8. The Bertz CT molecular complexity index is 872. The van der Waals surface area contributed by atoms with Crippen LogP contribution in [0, 0.1) is 17.2 Å². The van der Waals surface area contributed by atoms with Crippen LogP contribution in [0.4, 0.5) is 5.69 Å². The third-order valence-corrected chi connectivity index (χ3v) is 6.36. The largest absolute Gasteiger partial charge is 0.495 e. The first-order valence-electron chi connectivity index (χ1n) is 8.94. The first-order valence-corrected chi connectivity index (χ1v) is 10.4. The fourth-order valence-electron chi connectivity index (χ4n) is 2.87. The maximum Gasteiger partial charge on any atom is 0.240 e.